The van der Waals surface area contributed by atoms with Gasteiger partial charge in [-0.05, 0) is 61.7 Å². The Labute approximate surface area is 211 Å². The van der Waals surface area contributed by atoms with Crippen LogP contribution in [0.15, 0.2) is 72.9 Å². The minimum absolute atomic E-state index is 0.0114. The van der Waals surface area contributed by atoms with Crippen LogP contribution in [0.25, 0.3) is 28.1 Å². The zero-order valence-electron chi connectivity index (χ0n) is 20.0. The number of para-hydroxylation sites is 1. The summed E-state index contributed by atoms with van der Waals surface area (Å²) in [6, 6.07) is 18.6. The van der Waals surface area contributed by atoms with Crippen LogP contribution in [0.2, 0.25) is 0 Å². The van der Waals surface area contributed by atoms with Gasteiger partial charge in [-0.2, -0.15) is 0 Å². The van der Waals surface area contributed by atoms with E-state index in [1.807, 2.05) is 19.1 Å². The number of pyridine rings is 2. The molecule has 1 saturated carbocycles. The van der Waals surface area contributed by atoms with E-state index in [1.54, 1.807) is 53.2 Å². The first-order valence-electron chi connectivity index (χ1n) is 12.0. The van der Waals surface area contributed by atoms with Crippen LogP contribution in [0.5, 0.6) is 5.88 Å². The third-order valence-corrected chi connectivity index (χ3v) is 6.72. The monoisotopic (exact) mass is 494 g/mol. The molecule has 0 aliphatic heterocycles. The van der Waals surface area contributed by atoms with Crippen LogP contribution in [0.3, 0.4) is 0 Å². The van der Waals surface area contributed by atoms with Gasteiger partial charge in [0, 0.05) is 35.2 Å². The number of aromatic hydroxyl groups is 1. The number of hydrogen-bond acceptors (Lipinski definition) is 6. The van der Waals surface area contributed by atoms with E-state index >= 15 is 0 Å². The summed E-state index contributed by atoms with van der Waals surface area (Å²) in [5.41, 5.74) is 3.02. The molecule has 0 atom stereocenters. The van der Waals surface area contributed by atoms with Gasteiger partial charge in [0.15, 0.2) is 5.82 Å². The summed E-state index contributed by atoms with van der Waals surface area (Å²) in [6.07, 6.45) is 3.03. The molecule has 184 valence electrons. The number of amides is 1. The largest absolute Gasteiger partial charge is 0.493 e. The second-order valence-electron chi connectivity index (χ2n) is 9.27. The summed E-state index contributed by atoms with van der Waals surface area (Å²) in [6.45, 7) is 1.95. The number of nitrogens with zero attached hydrogens (tertiary/aromatic N) is 5. The molecule has 0 radical (unpaired) electrons. The number of aromatic nitrogens is 5. The summed E-state index contributed by atoms with van der Waals surface area (Å²) < 4.78 is 16.6. The molecule has 0 unspecified atom stereocenters. The molecule has 0 saturated heterocycles. The standard InChI is InChI=1S/C28H23FN6O2/c1-16-9-11-23(30-15-16)27-34-33-26(35(27)24-8-3-2-6-21(24)29)17-13-18(14-17)31-28(37)20-5-4-7-22-19(20)10-12-25(36)32-22/h2-12,15,17-18H,13-14H2,1H3,(H,31,37)(H,32,36)/t17-,18-. The molecule has 8 nitrogen and oxygen atoms in total. The van der Waals surface area contributed by atoms with Gasteiger partial charge in [0.2, 0.25) is 5.88 Å². The minimum atomic E-state index is -0.378. The van der Waals surface area contributed by atoms with Crippen molar-refractivity contribution in [2.45, 2.75) is 31.7 Å². The fourth-order valence-electron chi connectivity index (χ4n) is 4.75. The summed E-state index contributed by atoms with van der Waals surface area (Å²) in [7, 11) is 0. The topological polar surface area (TPSA) is 106 Å². The molecule has 1 aliphatic rings. The number of rotatable bonds is 5. The lowest BCUT2D eigenvalue weighted by molar-refractivity contribution is 0.0908. The van der Waals surface area contributed by atoms with Gasteiger partial charge >= 0.3 is 0 Å². The van der Waals surface area contributed by atoms with Gasteiger partial charge in [-0.25, -0.2) is 9.37 Å². The molecule has 1 aliphatic carbocycles. The van der Waals surface area contributed by atoms with Crippen molar-refractivity contribution in [2.24, 2.45) is 0 Å². The Hall–Kier alpha value is -4.66. The van der Waals surface area contributed by atoms with Crippen LogP contribution in [0, 0.1) is 12.7 Å². The quantitative estimate of drug-likeness (QED) is 0.367. The molecule has 0 bridgehead atoms. The zero-order valence-corrected chi connectivity index (χ0v) is 20.0. The smallest absolute Gasteiger partial charge is 0.252 e. The van der Waals surface area contributed by atoms with E-state index in [1.165, 1.54) is 12.1 Å². The van der Waals surface area contributed by atoms with Gasteiger partial charge in [0.1, 0.15) is 17.3 Å². The zero-order chi connectivity index (χ0) is 25.5. The Morgan fingerprint density at radius 1 is 1.03 bits per heavy atom. The van der Waals surface area contributed by atoms with Crippen molar-refractivity contribution in [3.63, 3.8) is 0 Å². The lowest BCUT2D eigenvalue weighted by atomic mass is 9.79. The Kier molecular flexibility index (Phi) is 5.60. The second-order valence-corrected chi connectivity index (χ2v) is 9.27. The highest BCUT2D eigenvalue weighted by molar-refractivity contribution is 6.06. The first-order valence-corrected chi connectivity index (χ1v) is 12.0. The maximum Gasteiger partial charge on any atom is 0.252 e. The highest BCUT2D eigenvalue weighted by Crippen LogP contribution is 2.39. The maximum absolute atomic E-state index is 14.9. The lowest BCUT2D eigenvalue weighted by Crippen LogP contribution is -2.44. The highest BCUT2D eigenvalue weighted by Gasteiger charge is 2.36. The Balaban J connectivity index is 1.26. The third-order valence-electron chi connectivity index (χ3n) is 6.72. The number of benzene rings is 2. The van der Waals surface area contributed by atoms with Crippen LogP contribution in [-0.4, -0.2) is 41.8 Å². The molecule has 1 fully saturated rings. The van der Waals surface area contributed by atoms with Crippen molar-refractivity contribution in [3.05, 3.63) is 95.7 Å². The van der Waals surface area contributed by atoms with Gasteiger partial charge in [-0.15, -0.1) is 10.2 Å². The minimum Gasteiger partial charge on any atom is -0.493 e. The summed E-state index contributed by atoms with van der Waals surface area (Å²) in [5.74, 6) is 0.420. The van der Waals surface area contributed by atoms with Crippen LogP contribution >= 0.6 is 0 Å². The van der Waals surface area contributed by atoms with Gasteiger partial charge in [-0.3, -0.25) is 14.3 Å². The van der Waals surface area contributed by atoms with Crippen molar-refractivity contribution >= 4 is 16.8 Å². The van der Waals surface area contributed by atoms with Crippen LogP contribution < -0.4 is 5.32 Å². The van der Waals surface area contributed by atoms with E-state index in [-0.39, 0.29) is 29.6 Å². The van der Waals surface area contributed by atoms with E-state index < -0.39 is 0 Å². The molecule has 6 rings (SSSR count). The Bertz CT molecular complexity index is 1630. The number of fused-ring (bicyclic) bond motifs is 1. The van der Waals surface area contributed by atoms with E-state index in [9.17, 15) is 14.3 Å². The average molecular weight is 495 g/mol. The molecule has 2 aromatic carbocycles. The number of carbonyl (C=O) groups excluding carboxylic acids is 1. The molecule has 0 spiro atoms. The van der Waals surface area contributed by atoms with Crippen LogP contribution in [0.4, 0.5) is 4.39 Å². The van der Waals surface area contributed by atoms with E-state index in [2.05, 4.69) is 25.5 Å². The number of hydrogen-bond donors (Lipinski definition) is 2. The van der Waals surface area contributed by atoms with Gasteiger partial charge in [0.25, 0.3) is 5.91 Å². The Morgan fingerprint density at radius 3 is 2.65 bits per heavy atom. The van der Waals surface area contributed by atoms with Gasteiger partial charge in [-0.1, -0.05) is 24.3 Å². The summed E-state index contributed by atoms with van der Waals surface area (Å²) in [5, 5.41) is 22.2. The van der Waals surface area contributed by atoms with Crippen molar-refractivity contribution in [1.29, 1.82) is 0 Å². The third kappa shape index (κ3) is 4.18. The predicted octanol–water partition coefficient (Wildman–Crippen LogP) is 4.71. The summed E-state index contributed by atoms with van der Waals surface area (Å²) >= 11 is 0. The number of halogens is 1. The molecular formula is C28H23FN6O2. The molecule has 2 N–H and O–H groups in total. The summed E-state index contributed by atoms with van der Waals surface area (Å²) in [4.78, 5) is 21.6. The average Bonchev–Trinajstić information content (AvgIpc) is 3.30. The molecule has 37 heavy (non-hydrogen) atoms. The first-order chi connectivity index (χ1) is 18.0. The fourth-order valence-corrected chi connectivity index (χ4v) is 4.75. The predicted molar refractivity (Wildman–Crippen MR) is 136 cm³/mol. The molecule has 5 aromatic rings. The Morgan fingerprint density at radius 2 is 1.86 bits per heavy atom. The molecular weight excluding hydrogens is 471 g/mol. The van der Waals surface area contributed by atoms with Gasteiger partial charge < -0.3 is 10.4 Å². The molecule has 3 heterocycles. The lowest BCUT2D eigenvalue weighted by Gasteiger charge is -2.35. The normalized spacial score (nSPS) is 16.9. The van der Waals surface area contributed by atoms with E-state index in [0.717, 1.165) is 5.56 Å². The fraction of sp³-hybridized carbons (Fsp3) is 0.179. The van der Waals surface area contributed by atoms with Crippen molar-refractivity contribution in [2.75, 3.05) is 0 Å². The second kappa shape index (κ2) is 9.09. The van der Waals surface area contributed by atoms with Gasteiger partial charge in [0.05, 0.1) is 11.2 Å². The maximum atomic E-state index is 14.9. The first kappa shape index (κ1) is 22.8. The van der Waals surface area contributed by atoms with Crippen molar-refractivity contribution in [3.8, 4) is 23.1 Å². The molecule has 3 aromatic heterocycles. The highest BCUT2D eigenvalue weighted by atomic mass is 19.1. The SMILES string of the molecule is Cc1ccc(-c2nnc([C@H]3C[C@H](NC(=O)c4cccc5nc(O)ccc45)C3)n2-c2ccccc2F)nc1. The van der Waals surface area contributed by atoms with Crippen LogP contribution in [0.1, 0.15) is 40.5 Å². The number of aryl methyl sites for hydroxylation is 1. The number of nitrogens with one attached hydrogen (secondary N) is 1. The number of carbonyl (C=O) groups is 1. The van der Waals surface area contributed by atoms with Crippen LogP contribution in [-0.2, 0) is 0 Å². The molecule has 1 amide bonds. The van der Waals surface area contributed by atoms with E-state index in [0.29, 0.717) is 52.3 Å². The van der Waals surface area contributed by atoms with E-state index in [4.69, 9.17) is 0 Å². The van der Waals surface area contributed by atoms with Crippen molar-refractivity contribution < 1.29 is 14.3 Å². The molecule has 9 heteroatoms. The van der Waals surface area contributed by atoms with Crippen molar-refractivity contribution in [1.82, 2.24) is 30.0 Å².